The van der Waals surface area contributed by atoms with Gasteiger partial charge in [0, 0.05) is 16.8 Å². The predicted octanol–water partition coefficient (Wildman–Crippen LogP) is 1.90. The number of sulfonamides is 1. The van der Waals surface area contributed by atoms with Gasteiger partial charge >= 0.3 is 0 Å². The number of thiazole rings is 1. The monoisotopic (exact) mass is 367 g/mol. The summed E-state index contributed by atoms with van der Waals surface area (Å²) in [6, 6.07) is 1.58. The molecule has 0 fully saturated rings. The Morgan fingerprint density at radius 1 is 1.50 bits per heavy atom. The van der Waals surface area contributed by atoms with Crippen molar-refractivity contribution in [3.05, 3.63) is 31.3 Å². The lowest BCUT2D eigenvalue weighted by Crippen LogP contribution is -2.23. The Balaban J connectivity index is 2.17. The summed E-state index contributed by atoms with van der Waals surface area (Å²) in [6.07, 6.45) is 0. The molecule has 0 unspecified atom stereocenters. The first-order valence-electron chi connectivity index (χ1n) is 4.88. The van der Waals surface area contributed by atoms with Gasteiger partial charge in [0.25, 0.3) is 0 Å². The fourth-order valence-electron chi connectivity index (χ4n) is 1.25. The average molecular weight is 368 g/mol. The fraction of sp³-hybridized carbons (Fsp3) is 0.222. The molecule has 3 N–H and O–H groups in total. The maximum absolute atomic E-state index is 12.1. The minimum absolute atomic E-state index is 0.187. The first-order chi connectivity index (χ1) is 8.53. The third-order valence-electron chi connectivity index (χ3n) is 2.12. The third kappa shape index (κ3) is 3.16. The summed E-state index contributed by atoms with van der Waals surface area (Å²) in [7, 11) is -3.53. The fourth-order valence-corrected chi connectivity index (χ4v) is 5.37. The van der Waals surface area contributed by atoms with Crippen LogP contribution in [0.2, 0.25) is 0 Å². The van der Waals surface area contributed by atoms with Crippen LogP contribution in [-0.2, 0) is 23.1 Å². The zero-order valence-corrected chi connectivity index (χ0v) is 13.1. The molecule has 0 saturated carbocycles. The number of thiophene rings is 1. The minimum Gasteiger partial charge on any atom is -0.326 e. The molecule has 2 rings (SSSR count). The van der Waals surface area contributed by atoms with E-state index in [0.717, 1.165) is 4.88 Å². The summed E-state index contributed by atoms with van der Waals surface area (Å²) in [5.74, 6) is 0. The second kappa shape index (κ2) is 5.76. The predicted molar refractivity (Wildman–Crippen MR) is 76.0 cm³/mol. The van der Waals surface area contributed by atoms with Gasteiger partial charge in [-0.25, -0.2) is 18.1 Å². The van der Waals surface area contributed by atoms with E-state index < -0.39 is 10.0 Å². The van der Waals surface area contributed by atoms with Crippen LogP contribution in [0.5, 0.6) is 0 Å². The van der Waals surface area contributed by atoms with Crippen molar-refractivity contribution in [2.24, 2.45) is 5.73 Å². The van der Waals surface area contributed by atoms with E-state index in [1.54, 1.807) is 17.0 Å². The van der Waals surface area contributed by atoms with Gasteiger partial charge in [0.1, 0.15) is 4.90 Å². The van der Waals surface area contributed by atoms with Gasteiger partial charge in [-0.1, -0.05) is 0 Å². The van der Waals surface area contributed by atoms with E-state index in [-0.39, 0.29) is 11.4 Å². The van der Waals surface area contributed by atoms with Crippen LogP contribution in [0.25, 0.3) is 0 Å². The number of nitrogens with one attached hydrogen (secondary N) is 1. The van der Waals surface area contributed by atoms with E-state index in [2.05, 4.69) is 25.6 Å². The number of hydrogen-bond donors (Lipinski definition) is 2. The maximum atomic E-state index is 12.1. The van der Waals surface area contributed by atoms with Crippen LogP contribution < -0.4 is 10.5 Å². The van der Waals surface area contributed by atoms with Gasteiger partial charge in [0.15, 0.2) is 0 Å². The molecule has 0 aliphatic carbocycles. The lowest BCUT2D eigenvalue weighted by Gasteiger charge is -2.03. The van der Waals surface area contributed by atoms with Crippen molar-refractivity contribution in [2.75, 3.05) is 0 Å². The van der Waals surface area contributed by atoms with Crippen molar-refractivity contribution in [1.29, 1.82) is 0 Å². The Labute approximate surface area is 121 Å². The summed E-state index contributed by atoms with van der Waals surface area (Å²) >= 11 is 5.99. The van der Waals surface area contributed by atoms with Crippen molar-refractivity contribution < 1.29 is 8.42 Å². The lowest BCUT2D eigenvalue weighted by atomic mass is 10.5. The van der Waals surface area contributed by atoms with E-state index in [0.29, 0.717) is 16.0 Å². The van der Waals surface area contributed by atoms with Crippen molar-refractivity contribution in [3.8, 4) is 0 Å². The summed E-state index contributed by atoms with van der Waals surface area (Å²) in [4.78, 5) is 5.06. The quantitative estimate of drug-likeness (QED) is 0.844. The zero-order chi connectivity index (χ0) is 13.2. The molecule has 0 bridgehead atoms. The second-order valence-corrected chi connectivity index (χ2v) is 8.27. The molecule has 18 heavy (non-hydrogen) atoms. The molecule has 2 heterocycles. The number of rotatable bonds is 5. The number of aromatic nitrogens is 1. The number of halogens is 1. The average Bonchev–Trinajstić information content (AvgIpc) is 2.95. The molecule has 0 radical (unpaired) electrons. The lowest BCUT2D eigenvalue weighted by molar-refractivity contribution is 0.580. The Morgan fingerprint density at radius 3 is 2.83 bits per heavy atom. The van der Waals surface area contributed by atoms with Crippen molar-refractivity contribution >= 4 is 48.6 Å². The van der Waals surface area contributed by atoms with Gasteiger partial charge in [-0.2, -0.15) is 0 Å². The number of nitrogens with two attached hydrogens (primary N) is 1. The van der Waals surface area contributed by atoms with Gasteiger partial charge in [-0.3, -0.25) is 0 Å². The number of hydrogen-bond acceptors (Lipinski definition) is 6. The van der Waals surface area contributed by atoms with Gasteiger partial charge < -0.3 is 5.73 Å². The largest absolute Gasteiger partial charge is 0.326 e. The summed E-state index contributed by atoms with van der Waals surface area (Å²) < 4.78 is 27.2. The summed E-state index contributed by atoms with van der Waals surface area (Å²) in [5.41, 5.74) is 7.86. The minimum atomic E-state index is -3.53. The van der Waals surface area contributed by atoms with Crippen LogP contribution in [0.15, 0.2) is 25.6 Å². The summed E-state index contributed by atoms with van der Waals surface area (Å²) in [5, 5.41) is 1.80. The Hall–Kier alpha value is -0.320. The first kappa shape index (κ1) is 14.1. The van der Waals surface area contributed by atoms with Gasteiger partial charge in [0.2, 0.25) is 10.0 Å². The molecule has 5 nitrogen and oxygen atoms in total. The molecule has 0 aromatic carbocycles. The molecule has 0 aliphatic rings. The van der Waals surface area contributed by atoms with Crippen LogP contribution >= 0.6 is 38.6 Å². The van der Waals surface area contributed by atoms with E-state index >= 15 is 0 Å². The second-order valence-electron chi connectivity index (χ2n) is 3.36. The highest BCUT2D eigenvalue weighted by Gasteiger charge is 2.20. The molecule has 98 valence electrons. The Morgan fingerprint density at radius 2 is 2.28 bits per heavy atom. The zero-order valence-electron chi connectivity index (χ0n) is 9.09. The van der Waals surface area contributed by atoms with E-state index in [1.807, 2.05) is 0 Å². The Bertz CT molecular complexity index is 622. The van der Waals surface area contributed by atoms with E-state index in [9.17, 15) is 8.42 Å². The van der Waals surface area contributed by atoms with Crippen LogP contribution in [0.3, 0.4) is 0 Å². The van der Waals surface area contributed by atoms with Crippen LogP contribution in [0, 0.1) is 0 Å². The first-order valence-corrected chi connectivity index (χ1v) is 8.91. The normalized spacial score (nSPS) is 11.9. The van der Waals surface area contributed by atoms with Crippen molar-refractivity contribution in [1.82, 2.24) is 9.71 Å². The maximum Gasteiger partial charge on any atom is 0.242 e. The van der Waals surface area contributed by atoms with Crippen LogP contribution in [-0.4, -0.2) is 13.4 Å². The SMILES string of the molecule is NCc1cc(S(=O)(=O)NCc2cscn2)c(Br)s1. The Kier molecular flexibility index (Phi) is 4.51. The van der Waals surface area contributed by atoms with Crippen molar-refractivity contribution in [3.63, 3.8) is 0 Å². The topological polar surface area (TPSA) is 85.1 Å². The van der Waals surface area contributed by atoms with E-state index in [4.69, 9.17) is 5.73 Å². The third-order valence-corrected chi connectivity index (χ3v) is 6.43. The highest BCUT2D eigenvalue weighted by atomic mass is 79.9. The highest BCUT2D eigenvalue weighted by Crippen LogP contribution is 2.31. The molecule has 0 saturated heterocycles. The summed E-state index contributed by atoms with van der Waals surface area (Å²) in [6.45, 7) is 0.511. The molecule has 9 heteroatoms. The van der Waals surface area contributed by atoms with Crippen molar-refractivity contribution in [2.45, 2.75) is 18.0 Å². The molecular weight excluding hydrogens is 358 g/mol. The van der Waals surface area contributed by atoms with Gasteiger partial charge in [-0.15, -0.1) is 22.7 Å². The van der Waals surface area contributed by atoms with E-state index in [1.165, 1.54) is 22.7 Å². The highest BCUT2D eigenvalue weighted by molar-refractivity contribution is 9.11. The molecular formula is C9H10BrN3O2S3. The van der Waals surface area contributed by atoms with Crippen LogP contribution in [0.4, 0.5) is 0 Å². The number of nitrogens with zero attached hydrogens (tertiary/aromatic N) is 1. The standard InChI is InChI=1S/C9H10BrN3O2S3/c10-9-8(1-7(2-11)17-9)18(14,15)13-3-6-4-16-5-12-6/h1,4-5,13H,2-3,11H2. The smallest absolute Gasteiger partial charge is 0.242 e. The molecule has 2 aromatic rings. The van der Waals surface area contributed by atoms with Gasteiger partial charge in [0.05, 0.1) is 21.5 Å². The van der Waals surface area contributed by atoms with Gasteiger partial charge in [-0.05, 0) is 22.0 Å². The molecule has 2 aromatic heterocycles. The van der Waals surface area contributed by atoms with Crippen LogP contribution in [0.1, 0.15) is 10.6 Å². The molecule has 0 amide bonds. The molecule has 0 spiro atoms. The molecule has 0 aliphatic heterocycles. The molecule has 0 atom stereocenters.